The van der Waals surface area contributed by atoms with Crippen molar-refractivity contribution in [2.45, 2.75) is 0 Å². The van der Waals surface area contributed by atoms with E-state index >= 15 is 0 Å². The number of carbonyl (C=O) groups is 1. The lowest BCUT2D eigenvalue weighted by atomic mass is 10.1. The van der Waals surface area contributed by atoms with E-state index in [1.165, 1.54) is 23.1 Å². The van der Waals surface area contributed by atoms with Crippen molar-refractivity contribution in [2.75, 3.05) is 27.2 Å². The highest BCUT2D eigenvalue weighted by molar-refractivity contribution is 5.99. The van der Waals surface area contributed by atoms with Gasteiger partial charge in [-0.3, -0.25) is 4.79 Å². The van der Waals surface area contributed by atoms with Crippen LogP contribution in [0.4, 0.5) is 0 Å². The molecule has 0 fully saturated rings. The summed E-state index contributed by atoms with van der Waals surface area (Å²) in [4.78, 5) is 13.3. The van der Waals surface area contributed by atoms with Crippen LogP contribution in [0.5, 0.6) is 11.5 Å². The zero-order valence-electron chi connectivity index (χ0n) is 9.40. The summed E-state index contributed by atoms with van der Waals surface area (Å²) in [5.74, 6) is -0.812. The number of benzene rings is 1. The third-order valence-corrected chi connectivity index (χ3v) is 2.28. The largest absolute Gasteiger partial charge is 0.507 e. The van der Waals surface area contributed by atoms with E-state index in [9.17, 15) is 15.0 Å². The maximum absolute atomic E-state index is 11.9. The van der Waals surface area contributed by atoms with Crippen LogP contribution < -0.4 is 5.32 Å². The molecule has 0 bridgehead atoms. The molecule has 0 aliphatic heterocycles. The molecule has 0 unspecified atom stereocenters. The first-order chi connectivity index (χ1) is 7.57. The number of phenols is 2. The average molecular weight is 224 g/mol. The Morgan fingerprint density at radius 1 is 1.38 bits per heavy atom. The van der Waals surface area contributed by atoms with Gasteiger partial charge in [0.25, 0.3) is 5.91 Å². The van der Waals surface area contributed by atoms with Crippen LogP contribution >= 0.6 is 0 Å². The topological polar surface area (TPSA) is 72.8 Å². The first kappa shape index (κ1) is 12.3. The summed E-state index contributed by atoms with van der Waals surface area (Å²) in [7, 11) is 3.40. The minimum absolute atomic E-state index is 0.0545. The molecule has 1 rings (SSSR count). The van der Waals surface area contributed by atoms with Gasteiger partial charge >= 0.3 is 0 Å². The molecule has 0 heterocycles. The number of phenolic OH excluding ortho intramolecular Hbond substituents is 2. The first-order valence-electron chi connectivity index (χ1n) is 4.99. The number of hydrogen-bond acceptors (Lipinski definition) is 4. The molecule has 16 heavy (non-hydrogen) atoms. The van der Waals surface area contributed by atoms with Crippen LogP contribution in [0.1, 0.15) is 10.4 Å². The Labute approximate surface area is 94.3 Å². The lowest BCUT2D eigenvalue weighted by Crippen LogP contribution is -2.32. The second kappa shape index (κ2) is 5.37. The monoisotopic (exact) mass is 224 g/mol. The normalized spacial score (nSPS) is 10.1. The molecule has 0 aromatic heterocycles. The molecule has 88 valence electrons. The Morgan fingerprint density at radius 2 is 1.94 bits per heavy atom. The van der Waals surface area contributed by atoms with Gasteiger partial charge in [0.1, 0.15) is 17.1 Å². The standard InChI is InChI=1S/C11H16N2O3/c1-12-6-7-13(2)11(16)10-8(14)4-3-5-9(10)15/h3-5,12,14-15H,6-7H2,1-2H3. The Bertz CT molecular complexity index is 359. The van der Waals surface area contributed by atoms with Gasteiger partial charge < -0.3 is 20.4 Å². The molecule has 0 atom stereocenters. The van der Waals surface area contributed by atoms with Crippen LogP contribution in [0.15, 0.2) is 18.2 Å². The van der Waals surface area contributed by atoms with Crippen molar-refractivity contribution in [1.82, 2.24) is 10.2 Å². The van der Waals surface area contributed by atoms with Crippen molar-refractivity contribution in [3.8, 4) is 11.5 Å². The van der Waals surface area contributed by atoms with Gasteiger partial charge in [0.15, 0.2) is 0 Å². The Hall–Kier alpha value is -1.75. The number of nitrogens with one attached hydrogen (secondary N) is 1. The predicted molar refractivity (Wildman–Crippen MR) is 60.7 cm³/mol. The van der Waals surface area contributed by atoms with E-state index in [0.29, 0.717) is 13.1 Å². The minimum atomic E-state index is -0.397. The minimum Gasteiger partial charge on any atom is -0.507 e. The molecule has 3 N–H and O–H groups in total. The van der Waals surface area contributed by atoms with Gasteiger partial charge in [-0.05, 0) is 19.2 Å². The molecule has 1 aromatic rings. The third-order valence-electron chi connectivity index (χ3n) is 2.28. The van der Waals surface area contributed by atoms with Gasteiger partial charge in [0.05, 0.1) is 0 Å². The highest BCUT2D eigenvalue weighted by Crippen LogP contribution is 2.27. The summed E-state index contributed by atoms with van der Waals surface area (Å²) < 4.78 is 0. The van der Waals surface area contributed by atoms with Crippen molar-refractivity contribution >= 4 is 5.91 Å². The van der Waals surface area contributed by atoms with Crippen LogP contribution in [-0.4, -0.2) is 48.2 Å². The maximum atomic E-state index is 11.9. The predicted octanol–water partition coefficient (Wildman–Crippen LogP) is 0.389. The van der Waals surface area contributed by atoms with Crippen molar-refractivity contribution in [1.29, 1.82) is 0 Å². The van der Waals surface area contributed by atoms with E-state index < -0.39 is 5.91 Å². The number of rotatable bonds is 4. The van der Waals surface area contributed by atoms with Crippen LogP contribution in [0, 0.1) is 0 Å². The number of carbonyl (C=O) groups excluding carboxylic acids is 1. The van der Waals surface area contributed by atoms with Gasteiger partial charge in [-0.1, -0.05) is 6.07 Å². The van der Waals surface area contributed by atoms with Gasteiger partial charge in [0, 0.05) is 20.1 Å². The highest BCUT2D eigenvalue weighted by atomic mass is 16.3. The summed E-state index contributed by atoms with van der Waals surface area (Å²) in [6.45, 7) is 1.15. The van der Waals surface area contributed by atoms with Crippen molar-refractivity contribution in [3.05, 3.63) is 23.8 Å². The molecular weight excluding hydrogens is 208 g/mol. The van der Waals surface area contributed by atoms with E-state index in [2.05, 4.69) is 5.32 Å². The summed E-state index contributed by atoms with van der Waals surface area (Å²) in [6.07, 6.45) is 0. The van der Waals surface area contributed by atoms with Gasteiger partial charge in [-0.15, -0.1) is 0 Å². The van der Waals surface area contributed by atoms with E-state index in [4.69, 9.17) is 0 Å². The Morgan fingerprint density at radius 3 is 2.44 bits per heavy atom. The second-order valence-corrected chi connectivity index (χ2v) is 3.50. The molecular formula is C11H16N2O3. The molecule has 1 aromatic carbocycles. The molecule has 1 amide bonds. The summed E-state index contributed by atoms with van der Waals surface area (Å²) in [5, 5.41) is 21.9. The number of amides is 1. The van der Waals surface area contributed by atoms with Crippen LogP contribution in [0.3, 0.4) is 0 Å². The zero-order chi connectivity index (χ0) is 12.1. The Kier molecular flexibility index (Phi) is 4.13. The van der Waals surface area contributed by atoms with Crippen LogP contribution in [0.2, 0.25) is 0 Å². The van der Waals surface area contributed by atoms with Gasteiger partial charge in [-0.25, -0.2) is 0 Å². The van der Waals surface area contributed by atoms with Gasteiger partial charge in [0.2, 0.25) is 0 Å². The number of likely N-dealkylation sites (N-methyl/N-ethyl adjacent to an activating group) is 2. The SMILES string of the molecule is CNCCN(C)C(=O)c1c(O)cccc1O. The van der Waals surface area contributed by atoms with E-state index in [1.54, 1.807) is 14.1 Å². The smallest absolute Gasteiger partial charge is 0.261 e. The van der Waals surface area contributed by atoms with E-state index in [1.807, 2.05) is 0 Å². The quantitative estimate of drug-likeness (QED) is 0.691. The fourth-order valence-electron chi connectivity index (χ4n) is 1.32. The lowest BCUT2D eigenvalue weighted by Gasteiger charge is -2.18. The fourth-order valence-corrected chi connectivity index (χ4v) is 1.32. The molecule has 0 radical (unpaired) electrons. The van der Waals surface area contributed by atoms with Crippen molar-refractivity contribution in [2.24, 2.45) is 0 Å². The number of hydrogen-bond donors (Lipinski definition) is 3. The van der Waals surface area contributed by atoms with Crippen LogP contribution in [-0.2, 0) is 0 Å². The molecule has 0 aliphatic rings. The Balaban J connectivity index is 2.87. The zero-order valence-corrected chi connectivity index (χ0v) is 9.40. The number of nitrogens with zero attached hydrogens (tertiary/aromatic N) is 1. The average Bonchev–Trinajstić information content (AvgIpc) is 2.25. The molecule has 0 saturated heterocycles. The second-order valence-electron chi connectivity index (χ2n) is 3.50. The van der Waals surface area contributed by atoms with E-state index in [-0.39, 0.29) is 17.1 Å². The molecule has 5 heteroatoms. The highest BCUT2D eigenvalue weighted by Gasteiger charge is 2.19. The molecule has 0 spiro atoms. The lowest BCUT2D eigenvalue weighted by molar-refractivity contribution is 0.0790. The molecule has 0 aliphatic carbocycles. The molecule has 0 saturated carbocycles. The van der Waals surface area contributed by atoms with Crippen molar-refractivity contribution in [3.63, 3.8) is 0 Å². The number of aromatic hydroxyl groups is 2. The van der Waals surface area contributed by atoms with Gasteiger partial charge in [-0.2, -0.15) is 0 Å². The molecule has 5 nitrogen and oxygen atoms in total. The van der Waals surface area contributed by atoms with Crippen LogP contribution in [0.25, 0.3) is 0 Å². The van der Waals surface area contributed by atoms with E-state index in [0.717, 1.165) is 0 Å². The maximum Gasteiger partial charge on any atom is 0.261 e. The summed E-state index contributed by atoms with van der Waals surface area (Å²) in [5.41, 5.74) is -0.0545. The fraction of sp³-hybridized carbons (Fsp3) is 0.364. The summed E-state index contributed by atoms with van der Waals surface area (Å²) >= 11 is 0. The summed E-state index contributed by atoms with van der Waals surface area (Å²) in [6, 6.07) is 4.23. The van der Waals surface area contributed by atoms with Crippen molar-refractivity contribution < 1.29 is 15.0 Å². The first-order valence-corrected chi connectivity index (χ1v) is 4.99. The third kappa shape index (κ3) is 2.64.